The predicted octanol–water partition coefficient (Wildman–Crippen LogP) is 1.00. The quantitative estimate of drug-likeness (QED) is 0.661. The van der Waals surface area contributed by atoms with Crippen LogP contribution in [0.1, 0.15) is 26.2 Å². The maximum absolute atomic E-state index is 12.4. The minimum absolute atomic E-state index is 0.00876. The molecular weight excluding hydrogens is 342 g/mol. The second-order valence-corrected chi connectivity index (χ2v) is 9.79. The van der Waals surface area contributed by atoms with Gasteiger partial charge in [-0.2, -0.15) is 0 Å². The summed E-state index contributed by atoms with van der Waals surface area (Å²) in [5.74, 6) is -0.0175. The number of hydrogen-bond acceptors (Lipinski definition) is 4. The van der Waals surface area contributed by atoms with Gasteiger partial charge in [-0.15, -0.1) is 0 Å². The number of rotatable bonds is 6. The van der Waals surface area contributed by atoms with Crippen molar-refractivity contribution in [3.8, 4) is 0 Å². The lowest BCUT2D eigenvalue weighted by atomic mass is 10.2. The third-order valence-electron chi connectivity index (χ3n) is 3.09. The average Bonchev–Trinajstić information content (AvgIpc) is 2.28. The van der Waals surface area contributed by atoms with Crippen LogP contribution < -0.4 is 0 Å². The number of sulfone groups is 1. The number of nitrogens with zero attached hydrogens (tertiary/aromatic N) is 1. The van der Waals surface area contributed by atoms with Gasteiger partial charge in [0.2, 0.25) is 10.0 Å². The summed E-state index contributed by atoms with van der Waals surface area (Å²) in [6, 6.07) is 0. The number of sulfonamides is 1. The van der Waals surface area contributed by atoms with Crippen LogP contribution in [0.2, 0.25) is 0 Å². The molecule has 1 fully saturated rings. The Morgan fingerprint density at radius 2 is 1.78 bits per heavy atom. The van der Waals surface area contributed by atoms with Crippen molar-refractivity contribution < 1.29 is 16.8 Å². The molecule has 0 aromatic rings. The average molecular weight is 362 g/mol. The fourth-order valence-corrected chi connectivity index (χ4v) is 6.58. The van der Waals surface area contributed by atoms with Crippen molar-refractivity contribution in [1.29, 1.82) is 0 Å². The zero-order valence-electron chi connectivity index (χ0n) is 10.5. The Bertz CT molecular complexity index is 440. The van der Waals surface area contributed by atoms with E-state index in [2.05, 4.69) is 15.9 Å². The van der Waals surface area contributed by atoms with Gasteiger partial charge in [0.25, 0.3) is 0 Å². The molecule has 0 spiro atoms. The van der Waals surface area contributed by atoms with Gasteiger partial charge in [0.05, 0.1) is 16.8 Å². The van der Waals surface area contributed by atoms with Crippen LogP contribution in [0.4, 0.5) is 0 Å². The van der Waals surface area contributed by atoms with E-state index < -0.39 is 25.1 Å². The SMILES string of the molecule is CCCN(CCBr)S(=O)(=O)C1CCS(=O)(=O)CC1. The maximum atomic E-state index is 12.4. The summed E-state index contributed by atoms with van der Waals surface area (Å²) >= 11 is 3.25. The maximum Gasteiger partial charge on any atom is 0.217 e. The van der Waals surface area contributed by atoms with Crippen molar-refractivity contribution in [2.24, 2.45) is 0 Å². The van der Waals surface area contributed by atoms with Crippen molar-refractivity contribution in [1.82, 2.24) is 4.31 Å². The molecule has 0 aromatic heterocycles. The highest BCUT2D eigenvalue weighted by Crippen LogP contribution is 2.22. The molecule has 108 valence electrons. The molecule has 18 heavy (non-hydrogen) atoms. The van der Waals surface area contributed by atoms with Crippen LogP contribution in [0.5, 0.6) is 0 Å². The largest absolute Gasteiger partial charge is 0.229 e. The zero-order valence-corrected chi connectivity index (χ0v) is 13.7. The molecule has 0 N–H and O–H groups in total. The van der Waals surface area contributed by atoms with Crippen molar-refractivity contribution in [3.63, 3.8) is 0 Å². The number of hydrogen-bond donors (Lipinski definition) is 0. The first kappa shape index (κ1) is 16.4. The molecular formula is C10H20BrNO4S2. The molecule has 1 rings (SSSR count). The van der Waals surface area contributed by atoms with Crippen molar-refractivity contribution >= 4 is 35.8 Å². The Kier molecular flexibility index (Phi) is 6.08. The van der Waals surface area contributed by atoms with Gasteiger partial charge in [-0.1, -0.05) is 22.9 Å². The zero-order chi connectivity index (χ0) is 13.8. The molecule has 5 nitrogen and oxygen atoms in total. The lowest BCUT2D eigenvalue weighted by Crippen LogP contribution is -2.43. The fourth-order valence-electron chi connectivity index (χ4n) is 2.09. The molecule has 1 aliphatic heterocycles. The van der Waals surface area contributed by atoms with Crippen LogP contribution in [0, 0.1) is 0 Å². The van der Waals surface area contributed by atoms with Crippen LogP contribution >= 0.6 is 15.9 Å². The fraction of sp³-hybridized carbons (Fsp3) is 1.00. The standard InChI is InChI=1S/C10H20BrNO4S2/c1-2-6-12(7-5-11)18(15,16)10-3-8-17(13,14)9-4-10/h10H,2-9H2,1H3. The van der Waals surface area contributed by atoms with Gasteiger partial charge >= 0.3 is 0 Å². The molecule has 0 unspecified atom stereocenters. The van der Waals surface area contributed by atoms with Crippen LogP contribution in [0.25, 0.3) is 0 Å². The summed E-state index contributed by atoms with van der Waals surface area (Å²) in [4.78, 5) is 0. The summed E-state index contributed by atoms with van der Waals surface area (Å²) in [7, 11) is -6.38. The third kappa shape index (κ3) is 4.18. The van der Waals surface area contributed by atoms with Gasteiger partial charge in [-0.05, 0) is 19.3 Å². The Hall–Kier alpha value is 0.340. The Morgan fingerprint density at radius 1 is 1.22 bits per heavy atom. The van der Waals surface area contributed by atoms with Crippen molar-refractivity contribution in [2.75, 3.05) is 29.9 Å². The predicted molar refractivity (Wildman–Crippen MR) is 76.3 cm³/mol. The van der Waals surface area contributed by atoms with E-state index in [-0.39, 0.29) is 24.3 Å². The van der Waals surface area contributed by atoms with Crippen LogP contribution in [0.15, 0.2) is 0 Å². The minimum Gasteiger partial charge on any atom is -0.229 e. The highest BCUT2D eigenvalue weighted by atomic mass is 79.9. The summed E-state index contributed by atoms with van der Waals surface area (Å²) in [5, 5.41) is 0.0590. The molecule has 1 heterocycles. The van der Waals surface area contributed by atoms with Gasteiger partial charge in [0.15, 0.2) is 0 Å². The lowest BCUT2D eigenvalue weighted by molar-refractivity contribution is 0.417. The third-order valence-corrected chi connectivity index (χ3v) is 7.56. The molecule has 0 aromatic carbocycles. The van der Waals surface area contributed by atoms with E-state index in [0.29, 0.717) is 18.4 Å². The van der Waals surface area contributed by atoms with E-state index in [1.54, 1.807) is 0 Å². The lowest BCUT2D eigenvalue weighted by Gasteiger charge is -2.29. The molecule has 0 atom stereocenters. The van der Waals surface area contributed by atoms with E-state index in [9.17, 15) is 16.8 Å². The molecule has 1 aliphatic rings. The van der Waals surface area contributed by atoms with Crippen molar-refractivity contribution in [2.45, 2.75) is 31.4 Å². The monoisotopic (exact) mass is 361 g/mol. The molecule has 1 saturated heterocycles. The molecule has 0 radical (unpaired) electrons. The minimum atomic E-state index is -3.36. The molecule has 8 heteroatoms. The Morgan fingerprint density at radius 3 is 2.22 bits per heavy atom. The van der Waals surface area contributed by atoms with Gasteiger partial charge in [-0.3, -0.25) is 0 Å². The normalized spacial score (nSPS) is 21.3. The van der Waals surface area contributed by atoms with Gasteiger partial charge in [0, 0.05) is 18.4 Å². The first-order valence-corrected chi connectivity index (χ1v) is 10.5. The van der Waals surface area contributed by atoms with Crippen LogP contribution in [-0.2, 0) is 19.9 Å². The second kappa shape index (κ2) is 6.67. The first-order chi connectivity index (χ1) is 8.33. The molecule has 0 bridgehead atoms. The second-order valence-electron chi connectivity index (χ2n) is 4.48. The van der Waals surface area contributed by atoms with E-state index >= 15 is 0 Å². The smallest absolute Gasteiger partial charge is 0.217 e. The molecule has 0 aliphatic carbocycles. The highest BCUT2D eigenvalue weighted by molar-refractivity contribution is 9.09. The topological polar surface area (TPSA) is 71.5 Å². The summed E-state index contributed by atoms with van der Waals surface area (Å²) in [5.41, 5.74) is 0. The molecule has 0 amide bonds. The van der Waals surface area contributed by atoms with Crippen LogP contribution in [0.3, 0.4) is 0 Å². The highest BCUT2D eigenvalue weighted by Gasteiger charge is 2.36. The van der Waals surface area contributed by atoms with Crippen LogP contribution in [-0.4, -0.2) is 56.3 Å². The Balaban J connectivity index is 2.79. The van der Waals surface area contributed by atoms with E-state index in [1.807, 2.05) is 6.92 Å². The molecule has 0 saturated carbocycles. The van der Waals surface area contributed by atoms with E-state index in [4.69, 9.17) is 0 Å². The van der Waals surface area contributed by atoms with E-state index in [0.717, 1.165) is 6.42 Å². The van der Waals surface area contributed by atoms with Gasteiger partial charge in [0.1, 0.15) is 9.84 Å². The van der Waals surface area contributed by atoms with Gasteiger partial charge in [-0.25, -0.2) is 21.1 Å². The van der Waals surface area contributed by atoms with E-state index in [1.165, 1.54) is 4.31 Å². The first-order valence-electron chi connectivity index (χ1n) is 6.09. The van der Waals surface area contributed by atoms with Gasteiger partial charge < -0.3 is 0 Å². The summed E-state index contributed by atoms with van der Waals surface area (Å²) in [6.07, 6.45) is 1.22. The number of alkyl halides is 1. The van der Waals surface area contributed by atoms with Crippen molar-refractivity contribution in [3.05, 3.63) is 0 Å². The Labute approximate surface area is 118 Å². The summed E-state index contributed by atoms with van der Waals surface area (Å²) < 4.78 is 48.9. The number of halogens is 1. The summed E-state index contributed by atoms with van der Waals surface area (Å²) in [6.45, 7) is 2.87.